The molecule has 0 radical (unpaired) electrons. The summed E-state index contributed by atoms with van der Waals surface area (Å²) in [4.78, 5) is 18.4. The molecule has 0 amide bonds. The predicted molar refractivity (Wildman–Crippen MR) is 64.8 cm³/mol. The maximum absolute atomic E-state index is 13.0. The van der Waals surface area contributed by atoms with Crippen LogP contribution in [0.15, 0.2) is 6.20 Å². The number of aromatic nitrogens is 2. The fourth-order valence-corrected chi connectivity index (χ4v) is 2.14. The summed E-state index contributed by atoms with van der Waals surface area (Å²) < 4.78 is 26.0. The highest BCUT2D eigenvalue weighted by Crippen LogP contribution is 2.34. The summed E-state index contributed by atoms with van der Waals surface area (Å²) in [5, 5.41) is 11.8. The number of nitrogens with zero attached hydrogens (tertiary/aromatic N) is 2. The molecule has 1 aliphatic carbocycles. The maximum atomic E-state index is 13.0. The van der Waals surface area contributed by atoms with Gasteiger partial charge in [-0.05, 0) is 24.4 Å². The van der Waals surface area contributed by atoms with E-state index in [1.165, 1.54) is 0 Å². The zero-order chi connectivity index (χ0) is 14.0. The lowest BCUT2D eigenvalue weighted by Crippen LogP contribution is -2.32. The predicted octanol–water partition coefficient (Wildman–Crippen LogP) is 2.82. The van der Waals surface area contributed by atoms with Crippen molar-refractivity contribution in [1.29, 1.82) is 0 Å². The number of aromatic carboxylic acids is 1. The number of nitrogens with one attached hydrogen (secondary N) is 1. The van der Waals surface area contributed by atoms with Crippen LogP contribution < -0.4 is 5.32 Å². The van der Waals surface area contributed by atoms with E-state index in [-0.39, 0.29) is 48.4 Å². The summed E-state index contributed by atoms with van der Waals surface area (Å²) in [6, 6.07) is -0.233. The Balaban J connectivity index is 2.11. The van der Waals surface area contributed by atoms with E-state index in [4.69, 9.17) is 16.7 Å². The summed E-state index contributed by atoms with van der Waals surface area (Å²) in [7, 11) is 0. The molecule has 1 aromatic rings. The van der Waals surface area contributed by atoms with E-state index < -0.39 is 11.9 Å². The molecule has 0 unspecified atom stereocenters. The van der Waals surface area contributed by atoms with Crippen molar-refractivity contribution >= 4 is 23.4 Å². The van der Waals surface area contributed by atoms with Gasteiger partial charge in [-0.25, -0.2) is 18.6 Å². The summed E-state index contributed by atoms with van der Waals surface area (Å²) in [6.07, 6.45) is 1.18. The summed E-state index contributed by atoms with van der Waals surface area (Å²) in [6.45, 7) is 0. The SMILES string of the molecule is O=C(O)c1cnc(Cl)nc1NC1CCC(F)(F)CC1. The fourth-order valence-electron chi connectivity index (χ4n) is 2.00. The minimum atomic E-state index is -2.63. The van der Waals surface area contributed by atoms with E-state index in [2.05, 4.69) is 15.3 Å². The quantitative estimate of drug-likeness (QED) is 0.838. The number of alkyl halides is 2. The summed E-state index contributed by atoms with van der Waals surface area (Å²) in [5.41, 5.74) is -0.123. The highest BCUT2D eigenvalue weighted by atomic mass is 35.5. The molecule has 1 heterocycles. The van der Waals surface area contributed by atoms with Crippen LogP contribution in [-0.4, -0.2) is 33.0 Å². The number of carbonyl (C=O) groups is 1. The van der Waals surface area contributed by atoms with Gasteiger partial charge in [-0.3, -0.25) is 0 Å². The van der Waals surface area contributed by atoms with Gasteiger partial charge in [0.15, 0.2) is 0 Å². The minimum Gasteiger partial charge on any atom is -0.477 e. The van der Waals surface area contributed by atoms with Gasteiger partial charge in [0.05, 0.1) is 0 Å². The van der Waals surface area contributed by atoms with Crippen LogP contribution in [0.2, 0.25) is 5.28 Å². The first-order valence-electron chi connectivity index (χ1n) is 5.77. The monoisotopic (exact) mass is 291 g/mol. The van der Waals surface area contributed by atoms with Crippen molar-refractivity contribution in [3.8, 4) is 0 Å². The van der Waals surface area contributed by atoms with Gasteiger partial charge in [0.1, 0.15) is 11.4 Å². The summed E-state index contributed by atoms with van der Waals surface area (Å²) >= 11 is 5.61. The van der Waals surface area contributed by atoms with Gasteiger partial charge in [-0.2, -0.15) is 4.98 Å². The minimum absolute atomic E-state index is 0.0720. The number of hydrogen-bond acceptors (Lipinski definition) is 4. The molecule has 0 aromatic carbocycles. The Morgan fingerprint density at radius 2 is 2.11 bits per heavy atom. The zero-order valence-corrected chi connectivity index (χ0v) is 10.6. The average molecular weight is 292 g/mol. The number of carboxylic acids is 1. The molecule has 0 saturated heterocycles. The Morgan fingerprint density at radius 1 is 1.47 bits per heavy atom. The molecule has 8 heteroatoms. The molecule has 2 N–H and O–H groups in total. The normalized spacial score (nSPS) is 19.1. The van der Waals surface area contributed by atoms with E-state index in [9.17, 15) is 13.6 Å². The van der Waals surface area contributed by atoms with Crippen LogP contribution in [0.3, 0.4) is 0 Å². The molecule has 2 rings (SSSR count). The van der Waals surface area contributed by atoms with Gasteiger partial charge in [-0.15, -0.1) is 0 Å². The highest BCUT2D eigenvalue weighted by Gasteiger charge is 2.35. The fraction of sp³-hybridized carbons (Fsp3) is 0.545. The molecule has 1 aromatic heterocycles. The molecule has 0 atom stereocenters. The van der Waals surface area contributed by atoms with Crippen LogP contribution in [0, 0.1) is 0 Å². The van der Waals surface area contributed by atoms with Gasteiger partial charge >= 0.3 is 5.97 Å². The van der Waals surface area contributed by atoms with E-state index in [1.807, 2.05) is 0 Å². The van der Waals surface area contributed by atoms with Gasteiger partial charge in [0.2, 0.25) is 11.2 Å². The summed E-state index contributed by atoms with van der Waals surface area (Å²) in [5.74, 6) is -3.75. The number of carboxylic acid groups (broad SMARTS) is 1. The number of hydrogen-bond donors (Lipinski definition) is 2. The van der Waals surface area contributed by atoms with Crippen LogP contribution in [-0.2, 0) is 0 Å². The van der Waals surface area contributed by atoms with Crippen LogP contribution in [0.1, 0.15) is 36.0 Å². The molecule has 1 aliphatic rings. The molecule has 104 valence electrons. The first kappa shape index (κ1) is 13.9. The number of rotatable bonds is 3. The van der Waals surface area contributed by atoms with E-state index in [1.54, 1.807) is 0 Å². The molecule has 5 nitrogen and oxygen atoms in total. The van der Waals surface area contributed by atoms with Gasteiger partial charge in [-0.1, -0.05) is 0 Å². The standard InChI is InChI=1S/C11H12ClF2N3O2/c12-10-15-5-7(9(18)19)8(17-10)16-6-1-3-11(13,14)4-2-6/h5-6H,1-4H2,(H,18,19)(H,15,16,17). The molecule has 0 spiro atoms. The Kier molecular flexibility index (Phi) is 3.84. The molecule has 0 aliphatic heterocycles. The lowest BCUT2D eigenvalue weighted by molar-refractivity contribution is -0.0361. The Morgan fingerprint density at radius 3 is 2.68 bits per heavy atom. The van der Waals surface area contributed by atoms with Crippen molar-refractivity contribution in [2.45, 2.75) is 37.6 Å². The van der Waals surface area contributed by atoms with Crippen LogP contribution in [0.4, 0.5) is 14.6 Å². The third-order valence-electron chi connectivity index (χ3n) is 3.05. The number of halogens is 3. The topological polar surface area (TPSA) is 75.1 Å². The number of anilines is 1. The van der Waals surface area contributed by atoms with Crippen LogP contribution >= 0.6 is 11.6 Å². The second-order valence-corrected chi connectivity index (χ2v) is 4.82. The first-order valence-corrected chi connectivity index (χ1v) is 6.15. The van der Waals surface area contributed by atoms with Gasteiger partial charge < -0.3 is 10.4 Å². The average Bonchev–Trinajstić information content (AvgIpc) is 2.31. The third-order valence-corrected chi connectivity index (χ3v) is 3.23. The van der Waals surface area contributed by atoms with Gasteiger partial charge in [0, 0.05) is 25.1 Å². The third kappa shape index (κ3) is 3.50. The van der Waals surface area contributed by atoms with Crippen molar-refractivity contribution in [1.82, 2.24) is 9.97 Å². The van der Waals surface area contributed by atoms with Crippen molar-refractivity contribution in [3.63, 3.8) is 0 Å². The molecule has 19 heavy (non-hydrogen) atoms. The van der Waals surface area contributed by atoms with Crippen molar-refractivity contribution in [3.05, 3.63) is 17.0 Å². The Hall–Kier alpha value is -1.50. The molecule has 1 fully saturated rings. The van der Waals surface area contributed by atoms with E-state index in [0.717, 1.165) is 6.20 Å². The smallest absolute Gasteiger partial charge is 0.341 e. The zero-order valence-electron chi connectivity index (χ0n) is 9.87. The van der Waals surface area contributed by atoms with Crippen molar-refractivity contribution in [2.24, 2.45) is 0 Å². The van der Waals surface area contributed by atoms with E-state index >= 15 is 0 Å². The van der Waals surface area contributed by atoms with Crippen molar-refractivity contribution in [2.75, 3.05) is 5.32 Å². The molecular weight excluding hydrogens is 280 g/mol. The second kappa shape index (κ2) is 5.24. The first-order chi connectivity index (χ1) is 8.87. The molecular formula is C11H12ClF2N3O2. The Labute approximate surface area is 113 Å². The molecule has 0 bridgehead atoms. The molecule has 1 saturated carbocycles. The Bertz CT molecular complexity index is 489. The second-order valence-electron chi connectivity index (χ2n) is 4.48. The lowest BCUT2D eigenvalue weighted by Gasteiger charge is -2.29. The maximum Gasteiger partial charge on any atom is 0.341 e. The van der Waals surface area contributed by atoms with Crippen molar-refractivity contribution < 1.29 is 18.7 Å². The largest absolute Gasteiger partial charge is 0.477 e. The van der Waals surface area contributed by atoms with E-state index in [0.29, 0.717) is 0 Å². The van der Waals surface area contributed by atoms with Crippen LogP contribution in [0.5, 0.6) is 0 Å². The lowest BCUT2D eigenvalue weighted by atomic mass is 9.92. The van der Waals surface area contributed by atoms with Gasteiger partial charge in [0.25, 0.3) is 0 Å². The highest BCUT2D eigenvalue weighted by molar-refractivity contribution is 6.28. The van der Waals surface area contributed by atoms with Crippen LogP contribution in [0.25, 0.3) is 0 Å².